The van der Waals surface area contributed by atoms with Gasteiger partial charge in [0.05, 0.1) is 17.0 Å². The Labute approximate surface area is 186 Å². The summed E-state index contributed by atoms with van der Waals surface area (Å²) in [5.74, 6) is 0.507. The molecular weight excluding hydrogens is 437 g/mol. The number of hydrogen-bond acceptors (Lipinski definition) is 6. The fourth-order valence-corrected chi connectivity index (χ4v) is 7.09. The van der Waals surface area contributed by atoms with Gasteiger partial charge >= 0.3 is 0 Å². The van der Waals surface area contributed by atoms with Crippen molar-refractivity contribution in [2.24, 2.45) is 4.99 Å². The maximum absolute atomic E-state index is 14.3. The molecule has 9 heteroatoms. The summed E-state index contributed by atoms with van der Waals surface area (Å²) in [5.41, 5.74) is 1.20. The minimum Gasteiger partial charge on any atom is -0.434 e. The molecule has 2 bridgehead atoms. The largest absolute Gasteiger partial charge is 0.434 e. The first-order valence-electron chi connectivity index (χ1n) is 10.5. The topological polar surface area (TPSA) is 62.2 Å². The van der Waals surface area contributed by atoms with Crippen LogP contribution in [0.3, 0.4) is 0 Å². The predicted molar refractivity (Wildman–Crippen MR) is 122 cm³/mol. The van der Waals surface area contributed by atoms with Crippen LogP contribution in [-0.2, 0) is 16.4 Å². The minimum absolute atomic E-state index is 0.126. The first-order valence-corrected chi connectivity index (χ1v) is 13.2. The highest BCUT2D eigenvalue weighted by atomic mass is 32.2. The third-order valence-corrected chi connectivity index (χ3v) is 9.19. The number of benzene rings is 1. The van der Waals surface area contributed by atoms with Gasteiger partial charge in [0.1, 0.15) is 11.6 Å². The zero-order valence-electron chi connectivity index (χ0n) is 17.6. The van der Waals surface area contributed by atoms with Crippen LogP contribution >= 0.6 is 11.8 Å². The van der Waals surface area contributed by atoms with Crippen LogP contribution < -0.4 is 4.74 Å². The summed E-state index contributed by atoms with van der Waals surface area (Å²) in [6.45, 7) is 4.19. The number of sulfonamides is 1. The van der Waals surface area contributed by atoms with E-state index < -0.39 is 14.8 Å². The minimum atomic E-state index is -3.10. The van der Waals surface area contributed by atoms with E-state index in [0.29, 0.717) is 23.6 Å². The van der Waals surface area contributed by atoms with E-state index in [2.05, 4.69) is 9.89 Å². The smallest absolute Gasteiger partial charge is 0.253 e. The molecule has 4 atom stereocenters. The number of halogens is 1. The highest BCUT2D eigenvalue weighted by molar-refractivity contribution is 8.15. The Morgan fingerprint density at radius 2 is 2.03 bits per heavy atom. The van der Waals surface area contributed by atoms with Crippen molar-refractivity contribution in [1.82, 2.24) is 9.21 Å². The van der Waals surface area contributed by atoms with Gasteiger partial charge in [0.15, 0.2) is 0 Å². The van der Waals surface area contributed by atoms with E-state index in [1.54, 1.807) is 10.4 Å². The monoisotopic (exact) mass is 463 g/mol. The molecule has 5 rings (SSSR count). The third kappa shape index (κ3) is 3.97. The molecule has 0 amide bonds. The average Bonchev–Trinajstić information content (AvgIpc) is 3.40. The molecule has 3 aliphatic heterocycles. The summed E-state index contributed by atoms with van der Waals surface area (Å²) >= 11 is 1.32. The molecule has 166 valence electrons. The number of ether oxygens (including phenoxy) is 1. The van der Waals surface area contributed by atoms with Crippen molar-refractivity contribution >= 4 is 27.0 Å². The van der Waals surface area contributed by atoms with Gasteiger partial charge in [-0.15, -0.1) is 0 Å². The lowest BCUT2D eigenvalue weighted by Crippen LogP contribution is -2.48. The van der Waals surface area contributed by atoms with Gasteiger partial charge in [0, 0.05) is 31.7 Å². The number of rotatable bonds is 5. The van der Waals surface area contributed by atoms with E-state index in [9.17, 15) is 12.8 Å². The molecule has 4 unspecified atom stereocenters. The summed E-state index contributed by atoms with van der Waals surface area (Å²) in [7, 11) is -3.10. The molecule has 31 heavy (non-hydrogen) atoms. The first-order chi connectivity index (χ1) is 14.7. The lowest BCUT2D eigenvalue weighted by Gasteiger charge is -2.32. The van der Waals surface area contributed by atoms with Crippen molar-refractivity contribution in [1.29, 1.82) is 0 Å². The molecule has 0 aromatic heterocycles. The van der Waals surface area contributed by atoms with Crippen molar-refractivity contribution in [3.8, 4) is 5.75 Å². The molecule has 0 saturated carbocycles. The second-order valence-corrected chi connectivity index (χ2v) is 12.2. The van der Waals surface area contributed by atoms with E-state index >= 15 is 0 Å². The number of allylic oxidation sites excluding steroid dienone is 2. The molecule has 0 spiro atoms. The quantitative estimate of drug-likeness (QED) is 0.672. The molecule has 2 saturated heterocycles. The van der Waals surface area contributed by atoms with Crippen LogP contribution in [-0.4, -0.2) is 71.6 Å². The van der Waals surface area contributed by atoms with E-state index in [-0.39, 0.29) is 17.9 Å². The second kappa shape index (κ2) is 7.72. The van der Waals surface area contributed by atoms with E-state index in [1.165, 1.54) is 29.7 Å². The molecule has 2 fully saturated rings. The zero-order chi connectivity index (χ0) is 21.8. The summed E-state index contributed by atoms with van der Waals surface area (Å²) < 4.78 is 44.8. The Morgan fingerprint density at radius 1 is 1.26 bits per heavy atom. The lowest BCUT2D eigenvalue weighted by molar-refractivity contribution is 0.184. The highest BCUT2D eigenvalue weighted by Gasteiger charge is 2.47. The summed E-state index contributed by atoms with van der Waals surface area (Å²) in [6, 6.07) is 8.14. The Bertz CT molecular complexity index is 1070. The van der Waals surface area contributed by atoms with Crippen LogP contribution in [0.2, 0.25) is 0 Å². The molecule has 6 nitrogen and oxygen atoms in total. The molecule has 1 aromatic carbocycles. The van der Waals surface area contributed by atoms with Gasteiger partial charge in [-0.05, 0) is 43.5 Å². The van der Waals surface area contributed by atoms with Crippen molar-refractivity contribution in [3.05, 3.63) is 53.9 Å². The summed E-state index contributed by atoms with van der Waals surface area (Å²) in [6.07, 6.45) is 8.23. The van der Waals surface area contributed by atoms with Crippen molar-refractivity contribution in [3.63, 3.8) is 0 Å². The fraction of sp³-hybridized carbons (Fsp3) is 0.500. The maximum Gasteiger partial charge on any atom is 0.253 e. The fourth-order valence-electron chi connectivity index (χ4n) is 4.87. The van der Waals surface area contributed by atoms with Gasteiger partial charge in [-0.3, -0.25) is 4.90 Å². The third-order valence-electron chi connectivity index (χ3n) is 6.66. The van der Waals surface area contributed by atoms with Crippen LogP contribution in [0, 0.1) is 0 Å². The molecule has 0 radical (unpaired) electrons. The van der Waals surface area contributed by atoms with Crippen molar-refractivity contribution in [2.45, 2.75) is 42.6 Å². The Kier molecular flexibility index (Phi) is 5.28. The van der Waals surface area contributed by atoms with Crippen LogP contribution in [0.15, 0.2) is 53.3 Å². The van der Waals surface area contributed by atoms with Gasteiger partial charge in [-0.2, -0.15) is 4.31 Å². The van der Waals surface area contributed by atoms with E-state index in [1.807, 2.05) is 37.3 Å². The molecule has 4 aliphatic rings. The molecule has 1 aliphatic carbocycles. The normalized spacial score (nSPS) is 32.8. The van der Waals surface area contributed by atoms with Crippen LogP contribution in [0.4, 0.5) is 4.39 Å². The number of aliphatic imine (C=N–C) groups is 1. The second-order valence-electron chi connectivity index (χ2n) is 8.82. The predicted octanol–water partition coefficient (Wildman–Crippen LogP) is 2.98. The zero-order valence-corrected chi connectivity index (χ0v) is 19.2. The number of thioether (sulfide) groups is 1. The van der Waals surface area contributed by atoms with Gasteiger partial charge < -0.3 is 4.74 Å². The van der Waals surface area contributed by atoms with Crippen LogP contribution in [0.5, 0.6) is 5.75 Å². The van der Waals surface area contributed by atoms with Crippen LogP contribution in [0.1, 0.15) is 18.9 Å². The Balaban J connectivity index is 1.14. The Morgan fingerprint density at radius 3 is 2.68 bits per heavy atom. The van der Waals surface area contributed by atoms with Crippen molar-refractivity contribution in [2.75, 3.05) is 25.9 Å². The summed E-state index contributed by atoms with van der Waals surface area (Å²) in [4.78, 5) is 6.92. The molecule has 3 heterocycles. The van der Waals surface area contributed by atoms with Gasteiger partial charge in [0.2, 0.25) is 10.0 Å². The molecular formula is C22H26FN3O3S2. The SMILES string of the molecule is CC12SC(Oc3ccc(CCN4CC5CC4CN5S(C)(=O)=O)cc3)=NC1C=CC=C2F. The Hall–Kier alpha value is -1.68. The maximum atomic E-state index is 14.3. The van der Waals surface area contributed by atoms with Gasteiger partial charge in [0.25, 0.3) is 5.23 Å². The van der Waals surface area contributed by atoms with Gasteiger partial charge in [-0.1, -0.05) is 36.0 Å². The average molecular weight is 464 g/mol. The number of nitrogens with zero attached hydrogens (tertiary/aromatic N) is 3. The standard InChI is InChI=1S/C22H26FN3O3S2/c1-22-19(23)4-3-5-20(22)24-21(30-22)29-18-8-6-15(7-9-18)10-11-25-13-17-12-16(25)14-26(17)31(2,27)28/h3-9,16-17,20H,10-14H2,1-2H3. The van der Waals surface area contributed by atoms with Crippen molar-refractivity contribution < 1.29 is 17.5 Å². The molecule has 1 aromatic rings. The lowest BCUT2D eigenvalue weighted by atomic mass is 9.95. The first kappa shape index (κ1) is 21.2. The summed E-state index contributed by atoms with van der Waals surface area (Å²) in [5, 5.41) is 0.485. The van der Waals surface area contributed by atoms with Crippen LogP contribution in [0.25, 0.3) is 0 Å². The number of fused-ring (bicyclic) bond motifs is 3. The van der Waals surface area contributed by atoms with Gasteiger partial charge in [-0.25, -0.2) is 17.8 Å². The number of hydrogen-bond donors (Lipinski definition) is 0. The number of likely N-dealkylation sites (tertiary alicyclic amines) is 1. The van der Waals surface area contributed by atoms with E-state index in [4.69, 9.17) is 4.74 Å². The number of piperazine rings is 1. The highest BCUT2D eigenvalue weighted by Crippen LogP contribution is 2.46. The van der Waals surface area contributed by atoms with E-state index in [0.717, 1.165) is 25.9 Å². The molecule has 0 N–H and O–H groups in total.